The number of rotatable bonds is 8. The number of amides is 1. The van der Waals surface area contributed by atoms with Crippen LogP contribution in [0.5, 0.6) is 5.75 Å². The van der Waals surface area contributed by atoms with Crippen molar-refractivity contribution in [3.05, 3.63) is 53.0 Å². The van der Waals surface area contributed by atoms with Gasteiger partial charge in [-0.05, 0) is 100 Å². The lowest BCUT2D eigenvalue weighted by Gasteiger charge is -2.54. The number of anilines is 1. The molecule has 0 spiro atoms. The predicted molar refractivity (Wildman–Crippen MR) is 147 cm³/mol. The Balaban J connectivity index is 1.13. The lowest BCUT2D eigenvalue weighted by Crippen LogP contribution is -2.54. The summed E-state index contributed by atoms with van der Waals surface area (Å²) in [7, 11) is 0. The summed E-state index contributed by atoms with van der Waals surface area (Å²) < 4.78 is 10.8. The third kappa shape index (κ3) is 5.07. The van der Waals surface area contributed by atoms with Gasteiger partial charge >= 0.3 is 5.97 Å². The Morgan fingerprint density at radius 3 is 2.67 bits per heavy atom. The number of fused-ring (bicyclic) bond motifs is 5. The zero-order valence-corrected chi connectivity index (χ0v) is 22.6. The lowest BCUT2D eigenvalue weighted by molar-refractivity contribution is -0.118. The maximum absolute atomic E-state index is 12.8. The highest BCUT2D eigenvalue weighted by atomic mass is 16.5. The number of nitrogens with one attached hydrogen (secondary N) is 2. The fraction of sp³-hybridized carbons (Fsp3) is 0.500. The summed E-state index contributed by atoms with van der Waals surface area (Å²) in [4.78, 5) is 38.3. The number of aryl methyl sites for hydroxylation is 2. The molecular formula is C30H35N5O4. The van der Waals surface area contributed by atoms with E-state index < -0.39 is 0 Å². The SMILES string of the molecule is CCOC(=O)c1cnc2ccc(C)nc2c1CCC12CCC(NCc3ccc4c(n3)NC(=O)CO4)(CC1)CC2. The highest BCUT2D eigenvalue weighted by Crippen LogP contribution is 2.54. The highest BCUT2D eigenvalue weighted by molar-refractivity contribution is 5.96. The van der Waals surface area contributed by atoms with Gasteiger partial charge in [0.05, 0.1) is 28.9 Å². The minimum absolute atomic E-state index is 0.0365. The van der Waals surface area contributed by atoms with Gasteiger partial charge in [0.25, 0.3) is 5.91 Å². The summed E-state index contributed by atoms with van der Waals surface area (Å²) in [5.74, 6) is 0.634. The first kappa shape index (κ1) is 25.7. The molecule has 2 N–H and O–H groups in total. The number of ether oxygens (including phenoxy) is 2. The molecule has 9 nitrogen and oxygen atoms in total. The average Bonchev–Trinajstić information content (AvgIpc) is 2.95. The van der Waals surface area contributed by atoms with Crippen molar-refractivity contribution in [2.45, 2.75) is 77.3 Å². The molecule has 3 saturated carbocycles. The summed E-state index contributed by atoms with van der Waals surface area (Å²) in [6.45, 7) is 4.82. The third-order valence-electron chi connectivity index (χ3n) is 8.94. The van der Waals surface area contributed by atoms with E-state index in [0.29, 0.717) is 30.3 Å². The van der Waals surface area contributed by atoms with Crippen LogP contribution in [-0.2, 0) is 22.5 Å². The van der Waals surface area contributed by atoms with Gasteiger partial charge in [-0.2, -0.15) is 0 Å². The molecule has 9 heteroatoms. The Hall–Kier alpha value is -3.59. The fourth-order valence-corrected chi connectivity index (χ4v) is 6.53. The Morgan fingerprint density at radius 2 is 1.90 bits per heavy atom. The number of carbonyl (C=O) groups is 2. The van der Waals surface area contributed by atoms with Crippen LogP contribution in [0.3, 0.4) is 0 Å². The average molecular weight is 530 g/mol. The quantitative estimate of drug-likeness (QED) is 0.405. The molecule has 3 aliphatic carbocycles. The van der Waals surface area contributed by atoms with E-state index in [4.69, 9.17) is 14.5 Å². The molecule has 2 bridgehead atoms. The second kappa shape index (κ2) is 10.2. The molecule has 1 aliphatic heterocycles. The number of pyridine rings is 3. The molecule has 204 valence electrons. The topological polar surface area (TPSA) is 115 Å². The van der Waals surface area contributed by atoms with Crippen molar-refractivity contribution < 1.29 is 19.1 Å². The van der Waals surface area contributed by atoms with Crippen molar-refractivity contribution in [2.24, 2.45) is 5.41 Å². The maximum atomic E-state index is 12.8. The Bertz CT molecular complexity index is 1410. The van der Waals surface area contributed by atoms with Crippen LogP contribution in [0.15, 0.2) is 30.5 Å². The Kier molecular flexibility index (Phi) is 6.71. The normalized spacial score (nSPS) is 23.7. The van der Waals surface area contributed by atoms with Gasteiger partial charge in [0.1, 0.15) is 0 Å². The molecule has 0 unspecified atom stereocenters. The summed E-state index contributed by atoms with van der Waals surface area (Å²) in [6.07, 6.45) is 10.3. The second-order valence-electron chi connectivity index (χ2n) is 11.3. The molecule has 0 aromatic carbocycles. The maximum Gasteiger partial charge on any atom is 0.340 e. The first-order valence-corrected chi connectivity index (χ1v) is 14.0. The summed E-state index contributed by atoms with van der Waals surface area (Å²) in [5.41, 5.74) is 5.36. The number of hydrogen-bond acceptors (Lipinski definition) is 8. The number of hydrogen-bond donors (Lipinski definition) is 2. The van der Waals surface area contributed by atoms with Gasteiger partial charge in [0.15, 0.2) is 18.2 Å². The van der Waals surface area contributed by atoms with Gasteiger partial charge in [-0.1, -0.05) is 0 Å². The van der Waals surface area contributed by atoms with Crippen molar-refractivity contribution in [3.63, 3.8) is 0 Å². The zero-order valence-electron chi connectivity index (χ0n) is 22.6. The van der Waals surface area contributed by atoms with Gasteiger partial charge < -0.3 is 20.1 Å². The summed E-state index contributed by atoms with van der Waals surface area (Å²) >= 11 is 0. The molecule has 39 heavy (non-hydrogen) atoms. The van der Waals surface area contributed by atoms with Crippen LogP contribution in [0.2, 0.25) is 0 Å². The standard InChI is InChI=1S/C30H35N5O4/c1-3-38-28(37)22-17-31-23-6-4-19(2)33-26(23)21(22)8-9-29-10-13-30(14-11-29,15-12-29)32-16-20-5-7-24-27(34-20)35-25(36)18-39-24/h4-7,17,32H,3,8-16,18H2,1-2H3,(H,34,35,36). The molecule has 0 saturated heterocycles. The van der Waals surface area contributed by atoms with Crippen LogP contribution in [0, 0.1) is 12.3 Å². The van der Waals surface area contributed by atoms with Crippen molar-refractivity contribution >= 4 is 28.7 Å². The van der Waals surface area contributed by atoms with E-state index in [2.05, 4.69) is 20.6 Å². The van der Waals surface area contributed by atoms with Crippen molar-refractivity contribution in [1.82, 2.24) is 20.3 Å². The number of nitrogens with zero attached hydrogens (tertiary/aromatic N) is 3. The third-order valence-corrected chi connectivity index (χ3v) is 8.94. The van der Waals surface area contributed by atoms with Crippen LogP contribution in [0.4, 0.5) is 5.82 Å². The molecule has 3 fully saturated rings. The number of esters is 1. The molecule has 1 amide bonds. The van der Waals surface area contributed by atoms with Gasteiger partial charge in [0.2, 0.25) is 0 Å². The van der Waals surface area contributed by atoms with Crippen LogP contribution in [0.1, 0.15) is 79.2 Å². The van der Waals surface area contributed by atoms with Gasteiger partial charge in [-0.25, -0.2) is 9.78 Å². The predicted octanol–water partition coefficient (Wildman–Crippen LogP) is 4.66. The zero-order chi connectivity index (χ0) is 27.0. The van der Waals surface area contributed by atoms with E-state index in [0.717, 1.165) is 79.4 Å². The van der Waals surface area contributed by atoms with E-state index in [1.54, 1.807) is 6.20 Å². The van der Waals surface area contributed by atoms with E-state index in [-0.39, 0.29) is 29.4 Å². The highest BCUT2D eigenvalue weighted by Gasteiger charge is 2.48. The molecule has 3 aromatic rings. The molecule has 4 heterocycles. The first-order valence-electron chi connectivity index (χ1n) is 14.0. The van der Waals surface area contributed by atoms with E-state index in [9.17, 15) is 9.59 Å². The smallest absolute Gasteiger partial charge is 0.340 e. The van der Waals surface area contributed by atoms with Crippen LogP contribution < -0.4 is 15.4 Å². The van der Waals surface area contributed by atoms with E-state index in [1.807, 2.05) is 38.1 Å². The largest absolute Gasteiger partial charge is 0.480 e. The molecule has 0 radical (unpaired) electrons. The number of carbonyl (C=O) groups excluding carboxylic acids is 2. The van der Waals surface area contributed by atoms with Crippen LogP contribution in [-0.4, -0.2) is 45.6 Å². The van der Waals surface area contributed by atoms with E-state index >= 15 is 0 Å². The van der Waals surface area contributed by atoms with Gasteiger partial charge in [-0.3, -0.25) is 14.8 Å². The summed E-state index contributed by atoms with van der Waals surface area (Å²) in [5, 5.41) is 6.61. The molecule has 0 atom stereocenters. The molecule has 4 aliphatic rings. The minimum Gasteiger partial charge on any atom is -0.480 e. The van der Waals surface area contributed by atoms with Crippen molar-refractivity contribution in [3.8, 4) is 5.75 Å². The molecular weight excluding hydrogens is 494 g/mol. The number of aromatic nitrogens is 3. The van der Waals surface area contributed by atoms with Crippen molar-refractivity contribution in [1.29, 1.82) is 0 Å². The molecule has 3 aromatic heterocycles. The summed E-state index contributed by atoms with van der Waals surface area (Å²) in [6, 6.07) is 7.78. The van der Waals surface area contributed by atoms with Gasteiger partial charge in [0, 0.05) is 24.0 Å². The lowest BCUT2D eigenvalue weighted by atomic mass is 9.55. The molecule has 7 rings (SSSR count). The van der Waals surface area contributed by atoms with Crippen LogP contribution >= 0.6 is 0 Å². The Labute approximate surface area is 228 Å². The second-order valence-corrected chi connectivity index (χ2v) is 11.3. The van der Waals surface area contributed by atoms with Crippen LogP contribution in [0.25, 0.3) is 11.0 Å². The monoisotopic (exact) mass is 529 g/mol. The fourth-order valence-electron chi connectivity index (χ4n) is 6.53. The van der Waals surface area contributed by atoms with Gasteiger partial charge in [-0.15, -0.1) is 0 Å². The van der Waals surface area contributed by atoms with Crippen molar-refractivity contribution in [2.75, 3.05) is 18.5 Å². The minimum atomic E-state index is -0.319. The first-order chi connectivity index (χ1) is 18.9. The Morgan fingerprint density at radius 1 is 1.10 bits per heavy atom. The van der Waals surface area contributed by atoms with E-state index in [1.165, 1.54) is 0 Å².